The maximum Gasteiger partial charge on any atom is 0.301 e. The SMILES string of the molecule is Cc1ccc(CSc2nnc(N3C(=O)C(=O)/C(=C(\O)c4ccc(Cl)cc4)C3c3ccc(Cl)cc3)s2)cc1. The molecular weight excluding hydrogens is 549 g/mol. The summed E-state index contributed by atoms with van der Waals surface area (Å²) in [6, 6.07) is 20.5. The molecule has 1 N–H and O–H groups in total. The predicted molar refractivity (Wildman–Crippen MR) is 148 cm³/mol. The van der Waals surface area contributed by atoms with Gasteiger partial charge >= 0.3 is 5.91 Å². The first-order valence-electron chi connectivity index (χ1n) is 11.2. The van der Waals surface area contributed by atoms with Crippen LogP contribution in [0.25, 0.3) is 5.76 Å². The molecule has 4 aromatic rings. The summed E-state index contributed by atoms with van der Waals surface area (Å²) in [6.45, 7) is 2.03. The third-order valence-electron chi connectivity index (χ3n) is 5.83. The van der Waals surface area contributed by atoms with Crippen LogP contribution in [0.4, 0.5) is 5.13 Å². The van der Waals surface area contributed by atoms with E-state index >= 15 is 0 Å². The van der Waals surface area contributed by atoms with Crippen molar-refractivity contribution < 1.29 is 14.7 Å². The number of Topliss-reactive ketones (excluding diaryl/α,β-unsaturated/α-hetero) is 1. The lowest BCUT2D eigenvalue weighted by atomic mass is 9.95. The van der Waals surface area contributed by atoms with Crippen molar-refractivity contribution in [3.8, 4) is 0 Å². The molecule has 0 radical (unpaired) electrons. The molecule has 1 aromatic heterocycles. The molecule has 6 nitrogen and oxygen atoms in total. The minimum absolute atomic E-state index is 0.0429. The van der Waals surface area contributed by atoms with Gasteiger partial charge in [0.1, 0.15) is 5.76 Å². The summed E-state index contributed by atoms with van der Waals surface area (Å²) in [5.74, 6) is -1.21. The Morgan fingerprint density at radius 2 is 1.57 bits per heavy atom. The molecule has 1 aliphatic heterocycles. The van der Waals surface area contributed by atoms with E-state index in [0.29, 0.717) is 31.3 Å². The van der Waals surface area contributed by atoms with Gasteiger partial charge in [-0.15, -0.1) is 10.2 Å². The van der Waals surface area contributed by atoms with Crippen molar-refractivity contribution in [2.24, 2.45) is 0 Å². The molecule has 37 heavy (non-hydrogen) atoms. The number of carbonyl (C=O) groups excluding carboxylic acids is 2. The fraction of sp³-hybridized carbons (Fsp3) is 0.111. The largest absolute Gasteiger partial charge is 0.507 e. The molecule has 5 rings (SSSR count). The van der Waals surface area contributed by atoms with Crippen LogP contribution in [0.1, 0.15) is 28.3 Å². The van der Waals surface area contributed by atoms with Crippen LogP contribution in [-0.2, 0) is 15.3 Å². The second-order valence-electron chi connectivity index (χ2n) is 8.35. The van der Waals surface area contributed by atoms with Gasteiger partial charge < -0.3 is 5.11 Å². The van der Waals surface area contributed by atoms with Crippen LogP contribution in [0.5, 0.6) is 0 Å². The van der Waals surface area contributed by atoms with Crippen LogP contribution in [0, 0.1) is 6.92 Å². The standard InChI is InChI=1S/C27H19Cl2N3O3S2/c1-15-2-4-16(5-3-15)14-36-27-31-30-26(37-27)32-22(17-6-10-19(28)11-7-17)21(24(34)25(32)35)23(33)18-8-12-20(29)13-9-18/h2-13,22,33H,14H2,1H3/b23-21-. The van der Waals surface area contributed by atoms with Gasteiger partial charge in [-0.05, 0) is 54.4 Å². The van der Waals surface area contributed by atoms with Gasteiger partial charge in [-0.3, -0.25) is 14.5 Å². The van der Waals surface area contributed by atoms with Gasteiger partial charge in [-0.25, -0.2) is 0 Å². The Hall–Kier alpha value is -3.17. The molecule has 1 amide bonds. The number of hydrogen-bond acceptors (Lipinski definition) is 7. The molecule has 0 spiro atoms. The Bertz CT molecular complexity index is 1500. The van der Waals surface area contributed by atoms with E-state index < -0.39 is 17.7 Å². The number of benzene rings is 3. The quantitative estimate of drug-likeness (QED) is 0.0881. The van der Waals surface area contributed by atoms with Gasteiger partial charge in [0.05, 0.1) is 11.6 Å². The first-order valence-corrected chi connectivity index (χ1v) is 13.7. The van der Waals surface area contributed by atoms with Crippen LogP contribution in [0.15, 0.2) is 82.7 Å². The summed E-state index contributed by atoms with van der Waals surface area (Å²) in [7, 11) is 0. The van der Waals surface area contributed by atoms with Crippen molar-refractivity contribution >= 4 is 68.9 Å². The number of hydrogen-bond donors (Lipinski definition) is 1. The average Bonchev–Trinajstić information content (AvgIpc) is 3.46. The van der Waals surface area contributed by atoms with Gasteiger partial charge in [0.15, 0.2) is 4.34 Å². The maximum atomic E-state index is 13.3. The molecule has 1 unspecified atom stereocenters. The lowest BCUT2D eigenvalue weighted by Crippen LogP contribution is -2.29. The minimum Gasteiger partial charge on any atom is -0.507 e. The van der Waals surface area contributed by atoms with E-state index in [1.807, 2.05) is 19.1 Å². The van der Waals surface area contributed by atoms with E-state index in [1.165, 1.54) is 33.6 Å². The highest BCUT2D eigenvalue weighted by Crippen LogP contribution is 2.44. The second kappa shape index (κ2) is 10.7. The van der Waals surface area contributed by atoms with Gasteiger partial charge in [-0.2, -0.15) is 0 Å². The number of rotatable bonds is 6. The van der Waals surface area contributed by atoms with Crippen molar-refractivity contribution in [1.29, 1.82) is 0 Å². The summed E-state index contributed by atoms with van der Waals surface area (Å²) in [5, 5.41) is 20.9. The Labute approximate surface area is 231 Å². The fourth-order valence-electron chi connectivity index (χ4n) is 3.94. The van der Waals surface area contributed by atoms with Crippen molar-refractivity contribution in [2.75, 3.05) is 4.90 Å². The molecular formula is C27H19Cl2N3O3S2. The molecule has 1 aliphatic rings. The first-order chi connectivity index (χ1) is 17.8. The number of amides is 1. The molecule has 186 valence electrons. The number of aliphatic hydroxyl groups is 1. The number of aliphatic hydroxyl groups excluding tert-OH is 1. The number of aryl methyl sites for hydroxylation is 1. The highest BCUT2D eigenvalue weighted by Gasteiger charge is 2.48. The second-order valence-corrected chi connectivity index (χ2v) is 11.4. The van der Waals surface area contributed by atoms with Crippen LogP contribution < -0.4 is 4.90 Å². The molecule has 0 aliphatic carbocycles. The Balaban J connectivity index is 1.53. The van der Waals surface area contributed by atoms with Crippen LogP contribution in [0.2, 0.25) is 10.0 Å². The maximum absolute atomic E-state index is 13.3. The van der Waals surface area contributed by atoms with E-state index in [4.69, 9.17) is 23.2 Å². The summed E-state index contributed by atoms with van der Waals surface area (Å²) in [5.41, 5.74) is 3.25. The lowest BCUT2D eigenvalue weighted by molar-refractivity contribution is -0.132. The Morgan fingerprint density at radius 3 is 2.22 bits per heavy atom. The number of carbonyl (C=O) groups is 2. The Kier molecular flexibility index (Phi) is 7.35. The average molecular weight is 569 g/mol. The number of aromatic nitrogens is 2. The van der Waals surface area contributed by atoms with Crippen molar-refractivity contribution in [1.82, 2.24) is 10.2 Å². The first kappa shape index (κ1) is 25.5. The third kappa shape index (κ3) is 5.29. The highest BCUT2D eigenvalue weighted by atomic mass is 35.5. The minimum atomic E-state index is -0.907. The molecule has 0 bridgehead atoms. The van der Waals surface area contributed by atoms with Gasteiger partial charge in [0.25, 0.3) is 5.78 Å². The van der Waals surface area contributed by atoms with Crippen LogP contribution in [0.3, 0.4) is 0 Å². The fourth-order valence-corrected chi connectivity index (χ4v) is 6.02. The summed E-state index contributed by atoms with van der Waals surface area (Å²) in [6.07, 6.45) is 0. The zero-order chi connectivity index (χ0) is 26.1. The molecule has 10 heteroatoms. The molecule has 3 aromatic carbocycles. The van der Waals surface area contributed by atoms with Crippen LogP contribution >= 0.6 is 46.3 Å². The van der Waals surface area contributed by atoms with Crippen LogP contribution in [-0.4, -0.2) is 27.0 Å². The number of halogens is 2. The number of nitrogens with zero attached hydrogens (tertiary/aromatic N) is 3. The van der Waals surface area contributed by atoms with Crippen molar-refractivity contribution in [2.45, 2.75) is 23.1 Å². The van der Waals surface area contributed by atoms with E-state index in [9.17, 15) is 14.7 Å². The van der Waals surface area contributed by atoms with E-state index in [1.54, 1.807) is 48.5 Å². The molecule has 0 saturated carbocycles. The lowest BCUT2D eigenvalue weighted by Gasteiger charge is -2.22. The monoisotopic (exact) mass is 567 g/mol. The Morgan fingerprint density at radius 1 is 0.946 bits per heavy atom. The van der Waals surface area contributed by atoms with Gasteiger partial charge in [-0.1, -0.05) is 88.3 Å². The molecule has 1 saturated heterocycles. The summed E-state index contributed by atoms with van der Waals surface area (Å²) >= 11 is 14.8. The summed E-state index contributed by atoms with van der Waals surface area (Å²) < 4.78 is 0.657. The number of thioether (sulfide) groups is 1. The normalized spacial score (nSPS) is 16.9. The smallest absolute Gasteiger partial charge is 0.301 e. The van der Waals surface area contributed by atoms with E-state index in [2.05, 4.69) is 22.3 Å². The third-order valence-corrected chi connectivity index (χ3v) is 8.46. The highest BCUT2D eigenvalue weighted by molar-refractivity contribution is 8.00. The van der Waals surface area contributed by atoms with E-state index in [0.717, 1.165) is 5.56 Å². The number of anilines is 1. The van der Waals surface area contributed by atoms with Crippen molar-refractivity contribution in [3.63, 3.8) is 0 Å². The zero-order valence-electron chi connectivity index (χ0n) is 19.4. The van der Waals surface area contributed by atoms with Gasteiger partial charge in [0, 0.05) is 21.4 Å². The van der Waals surface area contributed by atoms with Crippen molar-refractivity contribution in [3.05, 3.63) is 111 Å². The number of ketones is 1. The zero-order valence-corrected chi connectivity index (χ0v) is 22.5. The molecule has 2 heterocycles. The van der Waals surface area contributed by atoms with Gasteiger partial charge in [0.2, 0.25) is 5.13 Å². The summed E-state index contributed by atoms with van der Waals surface area (Å²) in [4.78, 5) is 27.8. The topological polar surface area (TPSA) is 83.4 Å². The molecule has 1 fully saturated rings. The predicted octanol–water partition coefficient (Wildman–Crippen LogP) is 7.07. The molecule has 1 atom stereocenters. The van der Waals surface area contributed by atoms with E-state index in [-0.39, 0.29) is 16.5 Å².